The molecule has 2 atom stereocenters. The number of halogens is 1. The molecule has 1 saturated heterocycles. The molecule has 17 heavy (non-hydrogen) atoms. The molecule has 0 radical (unpaired) electrons. The second-order valence-corrected chi connectivity index (χ2v) is 5.95. The summed E-state index contributed by atoms with van der Waals surface area (Å²) in [4.78, 5) is 17.5. The van der Waals surface area contributed by atoms with Gasteiger partial charge in [-0.15, -0.1) is 0 Å². The summed E-state index contributed by atoms with van der Waals surface area (Å²) in [7, 11) is 0. The van der Waals surface area contributed by atoms with Gasteiger partial charge in [0.25, 0.3) is 0 Å². The fourth-order valence-electron chi connectivity index (χ4n) is 2.35. The lowest BCUT2D eigenvalue weighted by atomic mass is 10.1. The van der Waals surface area contributed by atoms with Crippen LogP contribution in [0, 0.1) is 5.92 Å². The van der Waals surface area contributed by atoms with Crippen LogP contribution < -0.4 is 0 Å². The topological polar surface area (TPSA) is 36.1 Å². The average molecular weight is 299 g/mol. The van der Waals surface area contributed by atoms with E-state index in [0.717, 1.165) is 25.1 Å². The van der Waals surface area contributed by atoms with Gasteiger partial charge in [-0.1, -0.05) is 29.8 Å². The molecular formula is C13H19BrN2O. The maximum atomic E-state index is 12.4. The maximum Gasteiger partial charge on any atom is 0.237 e. The van der Waals surface area contributed by atoms with Gasteiger partial charge in [0.1, 0.15) is 0 Å². The van der Waals surface area contributed by atoms with Crippen molar-refractivity contribution in [3.63, 3.8) is 0 Å². The number of H-pyrrole nitrogens is 1. The van der Waals surface area contributed by atoms with Gasteiger partial charge in [-0.2, -0.15) is 0 Å². The Balaban J connectivity index is 2.12. The van der Waals surface area contributed by atoms with Gasteiger partial charge in [-0.25, -0.2) is 0 Å². The van der Waals surface area contributed by atoms with E-state index in [1.807, 2.05) is 17.2 Å². The zero-order valence-corrected chi connectivity index (χ0v) is 11.9. The van der Waals surface area contributed by atoms with E-state index in [4.69, 9.17) is 0 Å². The van der Waals surface area contributed by atoms with Crippen molar-refractivity contribution < 1.29 is 4.79 Å². The largest absolute Gasteiger partial charge is 0.363 e. The van der Waals surface area contributed by atoms with Gasteiger partial charge in [-0.3, -0.25) is 4.79 Å². The normalized spacial score (nSPS) is 22.1. The van der Waals surface area contributed by atoms with Crippen molar-refractivity contribution in [1.82, 2.24) is 9.88 Å². The summed E-state index contributed by atoms with van der Waals surface area (Å²) in [6.45, 7) is 5.01. The number of rotatable bonds is 3. The summed E-state index contributed by atoms with van der Waals surface area (Å²) in [5.41, 5.74) is 1.15. The Morgan fingerprint density at radius 2 is 2.35 bits per heavy atom. The van der Waals surface area contributed by atoms with E-state index < -0.39 is 0 Å². The van der Waals surface area contributed by atoms with Crippen LogP contribution in [0.4, 0.5) is 0 Å². The van der Waals surface area contributed by atoms with Crippen LogP contribution in [0.2, 0.25) is 0 Å². The third-order valence-corrected chi connectivity index (χ3v) is 4.79. The van der Waals surface area contributed by atoms with E-state index in [0.29, 0.717) is 5.92 Å². The van der Waals surface area contributed by atoms with Crippen molar-refractivity contribution in [2.45, 2.75) is 37.6 Å². The summed E-state index contributed by atoms with van der Waals surface area (Å²) in [6, 6.07) is 4.29. The average Bonchev–Trinajstić information content (AvgIpc) is 2.96. The molecule has 2 heterocycles. The van der Waals surface area contributed by atoms with Crippen molar-refractivity contribution >= 4 is 21.8 Å². The minimum Gasteiger partial charge on any atom is -0.363 e. The summed E-state index contributed by atoms with van der Waals surface area (Å²) < 4.78 is 0. The summed E-state index contributed by atoms with van der Waals surface area (Å²) >= 11 is 3.51. The molecule has 0 spiro atoms. The Labute approximate surface area is 111 Å². The highest BCUT2D eigenvalue weighted by Gasteiger charge is 2.34. The molecule has 1 amide bonds. The first kappa shape index (κ1) is 12.7. The molecular weight excluding hydrogens is 280 g/mol. The van der Waals surface area contributed by atoms with E-state index in [2.05, 4.69) is 40.8 Å². The van der Waals surface area contributed by atoms with Gasteiger partial charge in [0.05, 0.1) is 10.9 Å². The zero-order chi connectivity index (χ0) is 12.4. The minimum atomic E-state index is -0.0712. The number of amides is 1. The van der Waals surface area contributed by atoms with Gasteiger partial charge in [0, 0.05) is 18.4 Å². The zero-order valence-electron chi connectivity index (χ0n) is 10.3. The SMILES string of the molecule is CC(C)C(Br)C(=O)N1CCCC1c1ccc[nH]1. The number of nitrogens with one attached hydrogen (secondary N) is 1. The Kier molecular flexibility index (Phi) is 3.92. The molecule has 1 aliphatic heterocycles. The molecule has 1 aliphatic rings. The highest BCUT2D eigenvalue weighted by molar-refractivity contribution is 9.10. The van der Waals surface area contributed by atoms with Crippen molar-refractivity contribution in [2.75, 3.05) is 6.54 Å². The monoisotopic (exact) mass is 298 g/mol. The molecule has 94 valence electrons. The lowest BCUT2D eigenvalue weighted by molar-refractivity contribution is -0.132. The third kappa shape index (κ3) is 2.57. The van der Waals surface area contributed by atoms with Crippen LogP contribution in [0.5, 0.6) is 0 Å². The second-order valence-electron chi connectivity index (χ2n) is 4.96. The van der Waals surface area contributed by atoms with Crippen molar-refractivity contribution in [2.24, 2.45) is 5.92 Å². The quantitative estimate of drug-likeness (QED) is 0.855. The number of carbonyl (C=O) groups is 1. The second kappa shape index (κ2) is 5.25. The van der Waals surface area contributed by atoms with Crippen LogP contribution >= 0.6 is 15.9 Å². The molecule has 2 rings (SSSR count). The van der Waals surface area contributed by atoms with Crippen LogP contribution in [0.1, 0.15) is 38.4 Å². The molecule has 1 fully saturated rings. The number of hydrogen-bond acceptors (Lipinski definition) is 1. The van der Waals surface area contributed by atoms with E-state index in [1.54, 1.807) is 0 Å². The Morgan fingerprint density at radius 3 is 2.94 bits per heavy atom. The van der Waals surface area contributed by atoms with Crippen LogP contribution in [0.25, 0.3) is 0 Å². The Morgan fingerprint density at radius 1 is 1.59 bits per heavy atom. The van der Waals surface area contributed by atoms with Gasteiger partial charge < -0.3 is 9.88 Å². The van der Waals surface area contributed by atoms with Crippen LogP contribution in [0.3, 0.4) is 0 Å². The van der Waals surface area contributed by atoms with Crippen molar-refractivity contribution in [1.29, 1.82) is 0 Å². The molecule has 2 unspecified atom stereocenters. The highest BCUT2D eigenvalue weighted by atomic mass is 79.9. The number of hydrogen-bond donors (Lipinski definition) is 1. The summed E-state index contributed by atoms with van der Waals surface area (Å²) in [5, 5.41) is 0. The predicted molar refractivity (Wildman–Crippen MR) is 72.0 cm³/mol. The Hall–Kier alpha value is -0.770. The van der Waals surface area contributed by atoms with E-state index in [1.165, 1.54) is 0 Å². The standard InChI is InChI=1S/C13H19BrN2O/c1-9(2)12(14)13(17)16-8-4-6-11(16)10-5-3-7-15-10/h3,5,7,9,11-12,15H,4,6,8H2,1-2H3. The Bertz CT molecular complexity index is 375. The highest BCUT2D eigenvalue weighted by Crippen LogP contribution is 2.33. The van der Waals surface area contributed by atoms with E-state index in [-0.39, 0.29) is 16.8 Å². The molecule has 1 aromatic heterocycles. The molecule has 0 saturated carbocycles. The first-order valence-electron chi connectivity index (χ1n) is 6.19. The van der Waals surface area contributed by atoms with Gasteiger partial charge in [-0.05, 0) is 30.9 Å². The van der Waals surface area contributed by atoms with E-state index >= 15 is 0 Å². The fraction of sp³-hybridized carbons (Fsp3) is 0.615. The predicted octanol–water partition coefficient (Wildman–Crippen LogP) is 3.10. The van der Waals surface area contributed by atoms with Crippen LogP contribution in [-0.4, -0.2) is 27.2 Å². The summed E-state index contributed by atoms with van der Waals surface area (Å²) in [6.07, 6.45) is 4.07. The molecule has 0 bridgehead atoms. The van der Waals surface area contributed by atoms with Gasteiger partial charge in [0.2, 0.25) is 5.91 Å². The molecule has 4 heteroatoms. The smallest absolute Gasteiger partial charge is 0.237 e. The molecule has 0 aromatic carbocycles. The molecule has 1 aromatic rings. The van der Waals surface area contributed by atoms with Crippen LogP contribution in [0.15, 0.2) is 18.3 Å². The lowest BCUT2D eigenvalue weighted by Crippen LogP contribution is -2.38. The molecule has 3 nitrogen and oxygen atoms in total. The van der Waals surface area contributed by atoms with E-state index in [9.17, 15) is 4.79 Å². The lowest BCUT2D eigenvalue weighted by Gasteiger charge is -2.27. The van der Waals surface area contributed by atoms with Gasteiger partial charge >= 0.3 is 0 Å². The van der Waals surface area contributed by atoms with Gasteiger partial charge in [0.15, 0.2) is 0 Å². The maximum absolute atomic E-state index is 12.4. The van der Waals surface area contributed by atoms with Crippen molar-refractivity contribution in [3.05, 3.63) is 24.0 Å². The minimum absolute atomic E-state index is 0.0712. The number of nitrogens with zero attached hydrogens (tertiary/aromatic N) is 1. The number of aromatic amines is 1. The first-order valence-corrected chi connectivity index (χ1v) is 7.10. The van der Waals surface area contributed by atoms with Crippen molar-refractivity contribution in [3.8, 4) is 0 Å². The third-order valence-electron chi connectivity index (χ3n) is 3.34. The number of likely N-dealkylation sites (tertiary alicyclic amines) is 1. The molecule has 1 N–H and O–H groups in total. The molecule has 0 aliphatic carbocycles. The first-order chi connectivity index (χ1) is 8.11. The summed E-state index contributed by atoms with van der Waals surface area (Å²) in [5.74, 6) is 0.546. The fourth-order valence-corrected chi connectivity index (χ4v) is 2.61. The number of alkyl halides is 1. The number of aromatic nitrogens is 1. The van der Waals surface area contributed by atoms with Crippen LogP contribution in [-0.2, 0) is 4.79 Å². The number of carbonyl (C=O) groups excluding carboxylic acids is 1.